The highest BCUT2D eigenvalue weighted by Crippen LogP contribution is 2.41. The van der Waals surface area contributed by atoms with Crippen LogP contribution in [-0.4, -0.2) is 10.7 Å². The third kappa shape index (κ3) is 3.14. The van der Waals surface area contributed by atoms with Gasteiger partial charge < -0.3 is 5.11 Å². The van der Waals surface area contributed by atoms with Crippen LogP contribution in [0.1, 0.15) is 66.7 Å². The largest absolute Gasteiger partial charge is 0.385 e. The smallest absolute Gasteiger partial charge is 0.0896 e. The minimum absolute atomic E-state index is 0.548. The lowest BCUT2D eigenvalue weighted by atomic mass is 9.72. The Hall–Kier alpha value is -0.820. The first-order valence-corrected chi connectivity index (χ1v) is 7.25. The summed E-state index contributed by atoms with van der Waals surface area (Å²) in [7, 11) is 0. The predicted molar refractivity (Wildman–Crippen MR) is 79.6 cm³/mol. The van der Waals surface area contributed by atoms with Crippen LogP contribution in [-0.2, 0) is 0 Å². The predicted octanol–water partition coefficient (Wildman–Crippen LogP) is 4.93. The van der Waals surface area contributed by atoms with Crippen molar-refractivity contribution in [1.82, 2.24) is 0 Å². The van der Waals surface area contributed by atoms with Gasteiger partial charge in [0.05, 0.1) is 5.60 Å². The van der Waals surface area contributed by atoms with Gasteiger partial charge in [-0.2, -0.15) is 0 Å². The zero-order valence-electron chi connectivity index (χ0n) is 12.6. The molecule has 0 radical (unpaired) electrons. The molecule has 102 valence electrons. The fourth-order valence-corrected chi connectivity index (χ4v) is 2.65. The maximum Gasteiger partial charge on any atom is 0.0896 e. The topological polar surface area (TPSA) is 20.2 Å². The number of rotatable bonds is 5. The first-order valence-electron chi connectivity index (χ1n) is 7.25. The highest BCUT2D eigenvalue weighted by Gasteiger charge is 2.38. The molecule has 1 N–H and O–H groups in total. The minimum atomic E-state index is -0.548. The Kier molecular flexibility index (Phi) is 5.40. The second-order valence-electron chi connectivity index (χ2n) is 5.43. The van der Waals surface area contributed by atoms with Gasteiger partial charge in [0.2, 0.25) is 0 Å². The highest BCUT2D eigenvalue weighted by atomic mass is 16.3. The molecule has 0 aromatic rings. The number of hydrogen-bond donors (Lipinski definition) is 1. The molecule has 0 unspecified atom stereocenters. The summed E-state index contributed by atoms with van der Waals surface area (Å²) in [6.45, 7) is 10.7. The Bertz CT molecular complexity index is 378. The molecule has 0 bridgehead atoms. The summed E-state index contributed by atoms with van der Waals surface area (Å²) in [5.41, 5.74) is 4.61. The van der Waals surface area contributed by atoms with Gasteiger partial charge in [-0.05, 0) is 69.6 Å². The van der Waals surface area contributed by atoms with E-state index in [-0.39, 0.29) is 0 Å². The van der Waals surface area contributed by atoms with Gasteiger partial charge in [-0.25, -0.2) is 0 Å². The standard InChI is InChI=1S/C17H28O/c1-6-13(4)16(17(18)10-9-11-17)12-14(5)15(7-2)8-3/h7,12,18H,6,8-11H2,1-5H3/b14-12-,15-7-,16-13-. The second-order valence-corrected chi connectivity index (χ2v) is 5.43. The van der Waals surface area contributed by atoms with Crippen LogP contribution in [0.15, 0.2) is 34.4 Å². The Morgan fingerprint density at radius 2 is 1.78 bits per heavy atom. The SMILES string of the molecule is C\C=C(CC)/C(C)=C\C(=C(/C)CC)C1(O)CCC1. The maximum absolute atomic E-state index is 10.6. The zero-order chi connectivity index (χ0) is 13.8. The molecule has 1 fully saturated rings. The molecule has 1 aliphatic carbocycles. The Morgan fingerprint density at radius 1 is 1.17 bits per heavy atom. The van der Waals surface area contributed by atoms with Gasteiger partial charge in [-0.15, -0.1) is 0 Å². The number of aliphatic hydroxyl groups is 1. The zero-order valence-corrected chi connectivity index (χ0v) is 12.6. The van der Waals surface area contributed by atoms with Crippen LogP contribution >= 0.6 is 0 Å². The van der Waals surface area contributed by atoms with Crippen LogP contribution in [0.5, 0.6) is 0 Å². The van der Waals surface area contributed by atoms with E-state index in [2.05, 4.69) is 46.8 Å². The Morgan fingerprint density at radius 3 is 2.11 bits per heavy atom. The molecule has 0 atom stereocenters. The van der Waals surface area contributed by atoms with E-state index < -0.39 is 5.60 Å². The fourth-order valence-electron chi connectivity index (χ4n) is 2.65. The van der Waals surface area contributed by atoms with Crippen LogP contribution in [0.3, 0.4) is 0 Å². The molecule has 1 aliphatic rings. The summed E-state index contributed by atoms with van der Waals surface area (Å²) >= 11 is 0. The number of hydrogen-bond acceptors (Lipinski definition) is 1. The molecule has 0 aliphatic heterocycles. The van der Waals surface area contributed by atoms with Crippen molar-refractivity contribution in [2.24, 2.45) is 0 Å². The first-order chi connectivity index (χ1) is 8.48. The van der Waals surface area contributed by atoms with E-state index in [9.17, 15) is 5.11 Å². The normalized spacial score (nSPS) is 21.4. The third-order valence-corrected chi connectivity index (χ3v) is 4.27. The second kappa shape index (κ2) is 6.38. The molecule has 1 nitrogen and oxygen atoms in total. The monoisotopic (exact) mass is 248 g/mol. The average molecular weight is 248 g/mol. The van der Waals surface area contributed by atoms with Crippen LogP contribution in [0, 0.1) is 0 Å². The van der Waals surface area contributed by atoms with Crippen molar-refractivity contribution in [1.29, 1.82) is 0 Å². The van der Waals surface area contributed by atoms with Gasteiger partial charge in [0.15, 0.2) is 0 Å². The molecule has 0 aromatic carbocycles. The summed E-state index contributed by atoms with van der Waals surface area (Å²) in [5, 5.41) is 10.6. The van der Waals surface area contributed by atoms with Gasteiger partial charge in [0, 0.05) is 0 Å². The van der Waals surface area contributed by atoms with Crippen LogP contribution in [0.25, 0.3) is 0 Å². The summed E-state index contributed by atoms with van der Waals surface area (Å²) in [4.78, 5) is 0. The molecule has 18 heavy (non-hydrogen) atoms. The molecule has 1 saturated carbocycles. The molecule has 0 spiro atoms. The van der Waals surface area contributed by atoms with E-state index in [0.717, 1.165) is 32.1 Å². The van der Waals surface area contributed by atoms with Crippen LogP contribution in [0.2, 0.25) is 0 Å². The Balaban J connectivity index is 3.11. The summed E-state index contributed by atoms with van der Waals surface area (Å²) in [5.74, 6) is 0. The number of allylic oxidation sites excluding steroid dienone is 4. The average Bonchev–Trinajstić information content (AvgIpc) is 2.33. The van der Waals surface area contributed by atoms with Gasteiger partial charge in [-0.3, -0.25) is 0 Å². The van der Waals surface area contributed by atoms with Crippen LogP contribution < -0.4 is 0 Å². The molecular weight excluding hydrogens is 220 g/mol. The summed E-state index contributed by atoms with van der Waals surface area (Å²) in [6.07, 6.45) is 9.44. The Labute approximate surface area is 112 Å². The van der Waals surface area contributed by atoms with Crippen LogP contribution in [0.4, 0.5) is 0 Å². The van der Waals surface area contributed by atoms with Crippen molar-refractivity contribution in [2.45, 2.75) is 72.3 Å². The van der Waals surface area contributed by atoms with Gasteiger partial charge >= 0.3 is 0 Å². The minimum Gasteiger partial charge on any atom is -0.385 e. The maximum atomic E-state index is 10.6. The van der Waals surface area contributed by atoms with E-state index in [1.807, 2.05) is 0 Å². The van der Waals surface area contributed by atoms with Crippen molar-refractivity contribution in [3.05, 3.63) is 34.4 Å². The van der Waals surface area contributed by atoms with Crippen molar-refractivity contribution in [2.75, 3.05) is 0 Å². The lowest BCUT2D eigenvalue weighted by Crippen LogP contribution is -2.39. The molecule has 0 aromatic heterocycles. The van der Waals surface area contributed by atoms with E-state index in [0.29, 0.717) is 0 Å². The van der Waals surface area contributed by atoms with Crippen molar-refractivity contribution in [3.8, 4) is 0 Å². The molecule has 0 heterocycles. The fraction of sp³-hybridized carbons (Fsp3) is 0.647. The molecule has 0 saturated heterocycles. The highest BCUT2D eigenvalue weighted by molar-refractivity contribution is 5.42. The summed E-state index contributed by atoms with van der Waals surface area (Å²) < 4.78 is 0. The summed E-state index contributed by atoms with van der Waals surface area (Å²) in [6, 6.07) is 0. The van der Waals surface area contributed by atoms with Crippen molar-refractivity contribution in [3.63, 3.8) is 0 Å². The van der Waals surface area contributed by atoms with Crippen molar-refractivity contribution < 1.29 is 5.11 Å². The van der Waals surface area contributed by atoms with E-state index >= 15 is 0 Å². The van der Waals surface area contributed by atoms with Gasteiger partial charge in [0.1, 0.15) is 0 Å². The lowest BCUT2D eigenvalue weighted by molar-refractivity contribution is 0.00485. The van der Waals surface area contributed by atoms with E-state index in [4.69, 9.17) is 0 Å². The quantitative estimate of drug-likeness (QED) is 0.684. The van der Waals surface area contributed by atoms with Crippen molar-refractivity contribution >= 4 is 0 Å². The van der Waals surface area contributed by atoms with E-state index in [1.165, 1.54) is 22.3 Å². The first kappa shape index (κ1) is 15.2. The molecule has 1 rings (SSSR count). The molecule has 1 heteroatoms. The van der Waals surface area contributed by atoms with Gasteiger partial charge in [-0.1, -0.05) is 31.6 Å². The molecular formula is C17H28O. The molecule has 0 amide bonds. The van der Waals surface area contributed by atoms with E-state index in [1.54, 1.807) is 0 Å². The third-order valence-electron chi connectivity index (χ3n) is 4.27. The lowest BCUT2D eigenvalue weighted by Gasteiger charge is -2.39. The van der Waals surface area contributed by atoms with Gasteiger partial charge in [0.25, 0.3) is 0 Å².